The van der Waals surface area contributed by atoms with Gasteiger partial charge in [-0.25, -0.2) is 10.6 Å². The van der Waals surface area contributed by atoms with Crippen LogP contribution in [0, 0.1) is 0 Å². The number of carbonyl (C=O) groups excluding carboxylic acids is 2. The molecule has 3 amide bonds. The number of rotatable bonds is 1. The van der Waals surface area contributed by atoms with E-state index < -0.39 is 17.5 Å². The van der Waals surface area contributed by atoms with E-state index in [4.69, 9.17) is 10.3 Å². The van der Waals surface area contributed by atoms with E-state index in [9.17, 15) is 9.59 Å². The summed E-state index contributed by atoms with van der Waals surface area (Å²) in [6, 6.07) is 2.62. The second-order valence-electron chi connectivity index (χ2n) is 3.21. The summed E-state index contributed by atoms with van der Waals surface area (Å²) >= 11 is 0. The summed E-state index contributed by atoms with van der Waals surface area (Å²) in [5.41, 5.74) is -1.19. The molecule has 14 heavy (non-hydrogen) atoms. The van der Waals surface area contributed by atoms with Gasteiger partial charge in [0.25, 0.3) is 5.91 Å². The summed E-state index contributed by atoms with van der Waals surface area (Å²) < 4.78 is 5.07. The Hall–Kier alpha value is -1.82. The van der Waals surface area contributed by atoms with Gasteiger partial charge >= 0.3 is 6.03 Å². The van der Waals surface area contributed by atoms with Crippen LogP contribution in [0.4, 0.5) is 4.79 Å². The third-order valence-corrected chi connectivity index (χ3v) is 2.24. The largest absolute Gasteiger partial charge is 0.466 e. The van der Waals surface area contributed by atoms with Crippen LogP contribution in [0.15, 0.2) is 22.8 Å². The summed E-state index contributed by atoms with van der Waals surface area (Å²) in [5.74, 6) is 5.07. The summed E-state index contributed by atoms with van der Waals surface area (Å²) in [6.45, 7) is 1.54. The van der Waals surface area contributed by atoms with Gasteiger partial charge in [0.15, 0.2) is 5.54 Å². The number of urea groups is 1. The Kier molecular flexibility index (Phi) is 1.62. The highest BCUT2D eigenvalue weighted by Gasteiger charge is 2.50. The van der Waals surface area contributed by atoms with Crippen LogP contribution in [0.25, 0.3) is 0 Å². The fourth-order valence-electron chi connectivity index (χ4n) is 1.39. The number of nitrogens with one attached hydrogen (secondary N) is 1. The predicted molar refractivity (Wildman–Crippen MR) is 45.6 cm³/mol. The molecule has 6 nitrogen and oxygen atoms in total. The molecular formula is C8H9N3O3. The third-order valence-electron chi connectivity index (χ3n) is 2.24. The number of carbonyl (C=O) groups is 2. The molecule has 2 heterocycles. The van der Waals surface area contributed by atoms with Gasteiger partial charge < -0.3 is 9.73 Å². The lowest BCUT2D eigenvalue weighted by molar-refractivity contribution is -0.131. The number of hydrogen-bond donors (Lipinski definition) is 2. The van der Waals surface area contributed by atoms with Crippen molar-refractivity contribution in [2.75, 3.05) is 0 Å². The molecule has 0 aliphatic carbocycles. The van der Waals surface area contributed by atoms with Gasteiger partial charge in [-0.2, -0.15) is 5.01 Å². The summed E-state index contributed by atoms with van der Waals surface area (Å²) in [4.78, 5) is 22.7. The number of amides is 3. The minimum atomic E-state index is -1.19. The van der Waals surface area contributed by atoms with Crippen molar-refractivity contribution in [2.24, 2.45) is 5.84 Å². The maximum Gasteiger partial charge on any atom is 0.340 e. The number of nitrogens with zero attached hydrogens (tertiary/aromatic N) is 1. The standard InChI is InChI=1S/C8H9N3O3/c1-8(5-3-2-4-14-5)6(12)11(9)7(13)10-8/h2-4H,9H2,1H3,(H,10,13)/t8-/m1/s1. The molecule has 2 rings (SSSR count). The van der Waals surface area contributed by atoms with Gasteiger partial charge in [0.05, 0.1) is 6.26 Å². The first-order valence-corrected chi connectivity index (χ1v) is 4.01. The number of furan rings is 1. The molecule has 0 saturated carbocycles. The molecule has 0 radical (unpaired) electrons. The van der Waals surface area contributed by atoms with E-state index in [0.717, 1.165) is 0 Å². The molecule has 1 aliphatic heterocycles. The topological polar surface area (TPSA) is 88.6 Å². The van der Waals surface area contributed by atoms with Crippen molar-refractivity contribution in [1.82, 2.24) is 10.3 Å². The highest BCUT2D eigenvalue weighted by Crippen LogP contribution is 2.27. The maximum absolute atomic E-state index is 11.6. The lowest BCUT2D eigenvalue weighted by atomic mass is 10.00. The predicted octanol–water partition coefficient (Wildman–Crippen LogP) is -0.0797. The lowest BCUT2D eigenvalue weighted by Crippen LogP contribution is -2.41. The van der Waals surface area contributed by atoms with Crippen LogP contribution in [0.1, 0.15) is 12.7 Å². The average molecular weight is 195 g/mol. The molecule has 1 saturated heterocycles. The number of imide groups is 1. The van der Waals surface area contributed by atoms with Gasteiger partial charge in [-0.3, -0.25) is 4.79 Å². The Labute approximate surface area is 79.6 Å². The van der Waals surface area contributed by atoms with Gasteiger partial charge in [-0.05, 0) is 19.1 Å². The molecule has 1 aliphatic rings. The van der Waals surface area contributed by atoms with Crippen LogP contribution >= 0.6 is 0 Å². The minimum absolute atomic E-state index is 0.365. The number of hydrogen-bond acceptors (Lipinski definition) is 4. The number of hydrazine groups is 1. The van der Waals surface area contributed by atoms with E-state index in [-0.39, 0.29) is 0 Å². The van der Waals surface area contributed by atoms with E-state index in [0.29, 0.717) is 10.8 Å². The third kappa shape index (κ3) is 0.942. The zero-order valence-corrected chi connectivity index (χ0v) is 7.48. The molecule has 3 N–H and O–H groups in total. The van der Waals surface area contributed by atoms with Crippen molar-refractivity contribution < 1.29 is 14.0 Å². The van der Waals surface area contributed by atoms with E-state index in [1.807, 2.05) is 0 Å². The van der Waals surface area contributed by atoms with Crippen LogP contribution in [0.5, 0.6) is 0 Å². The van der Waals surface area contributed by atoms with Crippen molar-refractivity contribution in [3.05, 3.63) is 24.2 Å². The van der Waals surface area contributed by atoms with Crippen LogP contribution in [0.3, 0.4) is 0 Å². The zero-order chi connectivity index (χ0) is 10.3. The van der Waals surface area contributed by atoms with Crippen molar-refractivity contribution in [3.63, 3.8) is 0 Å². The Balaban J connectivity index is 2.44. The van der Waals surface area contributed by atoms with E-state index in [1.165, 1.54) is 6.26 Å². The summed E-state index contributed by atoms with van der Waals surface area (Å²) in [6.07, 6.45) is 1.43. The Morgan fingerprint density at radius 1 is 1.57 bits per heavy atom. The summed E-state index contributed by atoms with van der Waals surface area (Å²) in [5, 5.41) is 3.00. The first-order valence-electron chi connectivity index (χ1n) is 4.01. The molecule has 74 valence electrons. The van der Waals surface area contributed by atoms with Crippen molar-refractivity contribution in [1.29, 1.82) is 0 Å². The Morgan fingerprint density at radius 3 is 2.71 bits per heavy atom. The lowest BCUT2D eigenvalue weighted by Gasteiger charge is -2.17. The van der Waals surface area contributed by atoms with Crippen LogP contribution < -0.4 is 11.2 Å². The molecule has 1 atom stereocenters. The molecule has 0 bridgehead atoms. The summed E-state index contributed by atoms with van der Waals surface area (Å²) in [7, 11) is 0. The van der Waals surface area contributed by atoms with Gasteiger partial charge in [0.1, 0.15) is 5.76 Å². The quantitative estimate of drug-likeness (QED) is 0.372. The monoisotopic (exact) mass is 195 g/mol. The molecule has 1 aromatic rings. The van der Waals surface area contributed by atoms with E-state index in [1.54, 1.807) is 19.1 Å². The molecular weight excluding hydrogens is 186 g/mol. The molecule has 1 aromatic heterocycles. The molecule has 6 heteroatoms. The van der Waals surface area contributed by atoms with Gasteiger partial charge in [0, 0.05) is 0 Å². The van der Waals surface area contributed by atoms with Gasteiger partial charge in [0.2, 0.25) is 0 Å². The Bertz CT molecular complexity index is 387. The van der Waals surface area contributed by atoms with Crippen LogP contribution in [0.2, 0.25) is 0 Å². The second-order valence-corrected chi connectivity index (χ2v) is 3.21. The fourth-order valence-corrected chi connectivity index (χ4v) is 1.39. The normalized spacial score (nSPS) is 26.9. The maximum atomic E-state index is 11.6. The van der Waals surface area contributed by atoms with Crippen molar-refractivity contribution in [2.45, 2.75) is 12.5 Å². The molecule has 0 spiro atoms. The molecule has 1 fully saturated rings. The van der Waals surface area contributed by atoms with Gasteiger partial charge in [-0.1, -0.05) is 0 Å². The molecule has 0 unspecified atom stereocenters. The van der Waals surface area contributed by atoms with Crippen molar-refractivity contribution in [3.8, 4) is 0 Å². The Morgan fingerprint density at radius 2 is 2.29 bits per heavy atom. The van der Waals surface area contributed by atoms with E-state index in [2.05, 4.69) is 5.32 Å². The average Bonchev–Trinajstić information content (AvgIpc) is 2.73. The molecule has 0 aromatic carbocycles. The SMILES string of the molecule is C[C@]1(c2ccco2)NC(=O)N(N)C1=O. The second kappa shape index (κ2) is 2.58. The van der Waals surface area contributed by atoms with Crippen LogP contribution in [-0.4, -0.2) is 16.9 Å². The van der Waals surface area contributed by atoms with Crippen molar-refractivity contribution >= 4 is 11.9 Å². The smallest absolute Gasteiger partial charge is 0.340 e. The highest BCUT2D eigenvalue weighted by molar-refractivity contribution is 6.06. The fraction of sp³-hybridized carbons (Fsp3) is 0.250. The van der Waals surface area contributed by atoms with E-state index >= 15 is 0 Å². The first-order chi connectivity index (χ1) is 6.55. The van der Waals surface area contributed by atoms with Crippen LogP contribution in [-0.2, 0) is 10.3 Å². The highest BCUT2D eigenvalue weighted by atomic mass is 16.3. The zero-order valence-electron chi connectivity index (χ0n) is 7.48. The number of nitrogens with two attached hydrogens (primary N) is 1. The van der Waals surface area contributed by atoms with Gasteiger partial charge in [-0.15, -0.1) is 0 Å². The minimum Gasteiger partial charge on any atom is -0.466 e. The first kappa shape index (κ1) is 8.76.